The van der Waals surface area contributed by atoms with Gasteiger partial charge in [-0.2, -0.15) is 0 Å². The molecule has 0 unspecified atom stereocenters. The fourth-order valence-corrected chi connectivity index (χ4v) is 3.13. The highest BCUT2D eigenvalue weighted by molar-refractivity contribution is 5.33. The Balaban J connectivity index is 1.96. The van der Waals surface area contributed by atoms with Crippen LogP contribution in [0.3, 0.4) is 0 Å². The zero-order valence-electron chi connectivity index (χ0n) is 13.5. The first-order chi connectivity index (χ1) is 10.1. The van der Waals surface area contributed by atoms with Gasteiger partial charge in [0.15, 0.2) is 0 Å². The molecule has 2 rings (SSSR count). The standard InChI is InChI=1S/C17H28N2O2/c1-14(2)19-9-8-18(12-15(19)3)13-16-6-4-5-7-17(16)21-11-10-20/h4-7,14-15,20H,8-13H2,1-3H3/t15-/m0/s1. The van der Waals surface area contributed by atoms with Gasteiger partial charge in [-0.3, -0.25) is 9.80 Å². The lowest BCUT2D eigenvalue weighted by Gasteiger charge is -2.42. The van der Waals surface area contributed by atoms with Gasteiger partial charge < -0.3 is 9.84 Å². The molecule has 0 aliphatic carbocycles. The molecule has 1 aliphatic rings. The van der Waals surface area contributed by atoms with Crippen LogP contribution in [0.1, 0.15) is 26.3 Å². The van der Waals surface area contributed by atoms with Gasteiger partial charge in [0.25, 0.3) is 0 Å². The number of hydrogen-bond acceptors (Lipinski definition) is 4. The van der Waals surface area contributed by atoms with E-state index in [4.69, 9.17) is 9.84 Å². The van der Waals surface area contributed by atoms with Gasteiger partial charge >= 0.3 is 0 Å². The molecule has 1 fully saturated rings. The fourth-order valence-electron chi connectivity index (χ4n) is 3.13. The van der Waals surface area contributed by atoms with Gasteiger partial charge in [0.2, 0.25) is 0 Å². The number of nitrogens with zero attached hydrogens (tertiary/aromatic N) is 2. The molecule has 118 valence electrons. The summed E-state index contributed by atoms with van der Waals surface area (Å²) in [4.78, 5) is 5.05. The molecule has 0 amide bonds. The minimum atomic E-state index is 0.0540. The topological polar surface area (TPSA) is 35.9 Å². The second-order valence-corrected chi connectivity index (χ2v) is 6.10. The zero-order valence-corrected chi connectivity index (χ0v) is 13.5. The minimum absolute atomic E-state index is 0.0540. The summed E-state index contributed by atoms with van der Waals surface area (Å²) >= 11 is 0. The van der Waals surface area contributed by atoms with Crippen molar-refractivity contribution >= 4 is 0 Å². The van der Waals surface area contributed by atoms with E-state index in [0.29, 0.717) is 18.7 Å². The smallest absolute Gasteiger partial charge is 0.123 e. The van der Waals surface area contributed by atoms with Crippen LogP contribution >= 0.6 is 0 Å². The number of aliphatic hydroxyl groups excluding tert-OH is 1. The van der Waals surface area contributed by atoms with Crippen LogP contribution in [0.2, 0.25) is 0 Å². The Hall–Kier alpha value is -1.10. The van der Waals surface area contributed by atoms with Crippen molar-refractivity contribution in [3.8, 4) is 5.75 Å². The Morgan fingerprint density at radius 1 is 1.29 bits per heavy atom. The Morgan fingerprint density at radius 2 is 2.05 bits per heavy atom. The molecule has 21 heavy (non-hydrogen) atoms. The second-order valence-electron chi connectivity index (χ2n) is 6.10. The second kappa shape index (κ2) is 7.78. The highest BCUT2D eigenvalue weighted by atomic mass is 16.5. The number of para-hydroxylation sites is 1. The van der Waals surface area contributed by atoms with Crippen molar-refractivity contribution in [2.45, 2.75) is 39.4 Å². The summed E-state index contributed by atoms with van der Waals surface area (Å²) in [6, 6.07) is 9.33. The van der Waals surface area contributed by atoms with E-state index in [1.807, 2.05) is 12.1 Å². The highest BCUT2D eigenvalue weighted by Gasteiger charge is 2.25. The molecular formula is C17H28N2O2. The quantitative estimate of drug-likeness (QED) is 0.869. The summed E-state index contributed by atoms with van der Waals surface area (Å²) in [6.45, 7) is 11.5. The number of hydrogen-bond donors (Lipinski definition) is 1. The minimum Gasteiger partial charge on any atom is -0.491 e. The first-order valence-electron chi connectivity index (χ1n) is 7.91. The van der Waals surface area contributed by atoms with Crippen molar-refractivity contribution in [2.75, 3.05) is 32.8 Å². The molecule has 0 saturated carbocycles. The van der Waals surface area contributed by atoms with Crippen LogP contribution in [0.15, 0.2) is 24.3 Å². The Morgan fingerprint density at radius 3 is 2.71 bits per heavy atom. The molecule has 1 saturated heterocycles. The lowest BCUT2D eigenvalue weighted by atomic mass is 10.1. The first kappa shape index (κ1) is 16.3. The van der Waals surface area contributed by atoms with Gasteiger partial charge in [-0.25, -0.2) is 0 Å². The molecule has 4 nitrogen and oxygen atoms in total. The van der Waals surface area contributed by atoms with Crippen LogP contribution in [0.4, 0.5) is 0 Å². The lowest BCUT2D eigenvalue weighted by molar-refractivity contribution is 0.0558. The third-order valence-corrected chi connectivity index (χ3v) is 4.14. The monoisotopic (exact) mass is 292 g/mol. The molecule has 1 N–H and O–H groups in total. The predicted octanol–water partition coefficient (Wildman–Crippen LogP) is 1.97. The summed E-state index contributed by atoms with van der Waals surface area (Å²) in [6.07, 6.45) is 0. The number of piperazine rings is 1. The average molecular weight is 292 g/mol. The molecule has 1 atom stereocenters. The number of rotatable bonds is 6. The maximum Gasteiger partial charge on any atom is 0.123 e. The van der Waals surface area contributed by atoms with Gasteiger partial charge in [0.1, 0.15) is 12.4 Å². The van der Waals surface area contributed by atoms with E-state index in [-0.39, 0.29) is 6.61 Å². The third kappa shape index (κ3) is 4.43. The van der Waals surface area contributed by atoms with Crippen LogP contribution < -0.4 is 4.74 Å². The molecule has 0 aromatic heterocycles. The largest absolute Gasteiger partial charge is 0.491 e. The number of ether oxygens (including phenoxy) is 1. The summed E-state index contributed by atoms with van der Waals surface area (Å²) in [5.74, 6) is 0.894. The summed E-state index contributed by atoms with van der Waals surface area (Å²) in [7, 11) is 0. The van der Waals surface area contributed by atoms with Crippen molar-refractivity contribution in [3.05, 3.63) is 29.8 Å². The van der Waals surface area contributed by atoms with Crippen molar-refractivity contribution in [1.29, 1.82) is 0 Å². The molecule has 0 spiro atoms. The summed E-state index contributed by atoms with van der Waals surface area (Å²) < 4.78 is 5.63. The third-order valence-electron chi connectivity index (χ3n) is 4.14. The van der Waals surface area contributed by atoms with Crippen molar-refractivity contribution < 1.29 is 9.84 Å². The molecule has 0 bridgehead atoms. The maximum atomic E-state index is 8.91. The normalized spacial score (nSPS) is 20.9. The summed E-state index contributed by atoms with van der Waals surface area (Å²) in [5, 5.41) is 8.91. The van der Waals surface area contributed by atoms with E-state index in [0.717, 1.165) is 31.9 Å². The van der Waals surface area contributed by atoms with Gasteiger partial charge in [-0.1, -0.05) is 18.2 Å². The average Bonchev–Trinajstić information content (AvgIpc) is 2.46. The lowest BCUT2D eigenvalue weighted by Crippen LogP contribution is -2.53. The van der Waals surface area contributed by atoms with E-state index in [1.54, 1.807) is 0 Å². The molecule has 0 radical (unpaired) electrons. The summed E-state index contributed by atoms with van der Waals surface area (Å²) in [5.41, 5.74) is 1.20. The zero-order chi connectivity index (χ0) is 15.2. The highest BCUT2D eigenvalue weighted by Crippen LogP contribution is 2.22. The van der Waals surface area contributed by atoms with E-state index in [1.165, 1.54) is 5.56 Å². The maximum absolute atomic E-state index is 8.91. The Labute approximate surface area is 128 Å². The van der Waals surface area contributed by atoms with E-state index in [9.17, 15) is 0 Å². The molecule has 1 aromatic rings. The molecule has 1 aromatic carbocycles. The Kier molecular flexibility index (Phi) is 6.03. The van der Waals surface area contributed by atoms with Gasteiger partial charge in [0.05, 0.1) is 6.61 Å². The van der Waals surface area contributed by atoms with E-state index >= 15 is 0 Å². The first-order valence-corrected chi connectivity index (χ1v) is 7.91. The van der Waals surface area contributed by atoms with Crippen LogP contribution in [0.25, 0.3) is 0 Å². The van der Waals surface area contributed by atoms with Crippen LogP contribution in [0, 0.1) is 0 Å². The van der Waals surface area contributed by atoms with Crippen LogP contribution in [-0.2, 0) is 6.54 Å². The SMILES string of the molecule is CC(C)N1CCN(Cc2ccccc2OCCO)C[C@@H]1C. The van der Waals surface area contributed by atoms with E-state index < -0.39 is 0 Å². The molecule has 1 aliphatic heterocycles. The van der Waals surface area contributed by atoms with E-state index in [2.05, 4.69) is 42.7 Å². The fraction of sp³-hybridized carbons (Fsp3) is 0.647. The van der Waals surface area contributed by atoms with Crippen molar-refractivity contribution in [3.63, 3.8) is 0 Å². The molecule has 1 heterocycles. The predicted molar refractivity (Wildman–Crippen MR) is 85.6 cm³/mol. The van der Waals surface area contributed by atoms with Gasteiger partial charge in [-0.05, 0) is 26.8 Å². The van der Waals surface area contributed by atoms with Crippen LogP contribution in [-0.4, -0.2) is 59.8 Å². The molecular weight excluding hydrogens is 264 g/mol. The number of aliphatic hydroxyl groups is 1. The number of benzene rings is 1. The Bertz CT molecular complexity index is 437. The van der Waals surface area contributed by atoms with Gasteiger partial charge in [0, 0.05) is 43.8 Å². The molecule has 4 heteroatoms. The van der Waals surface area contributed by atoms with Crippen molar-refractivity contribution in [2.24, 2.45) is 0 Å². The van der Waals surface area contributed by atoms with Crippen LogP contribution in [0.5, 0.6) is 5.75 Å². The van der Waals surface area contributed by atoms with Crippen molar-refractivity contribution in [1.82, 2.24) is 9.80 Å². The van der Waals surface area contributed by atoms with Gasteiger partial charge in [-0.15, -0.1) is 0 Å².